The van der Waals surface area contributed by atoms with Crippen molar-refractivity contribution in [3.63, 3.8) is 0 Å². The van der Waals surface area contributed by atoms with Crippen molar-refractivity contribution < 1.29 is 0 Å². The molecule has 1 aromatic rings. The molecule has 1 rings (SSSR count). The maximum absolute atomic E-state index is 5.70. The second-order valence-electron chi connectivity index (χ2n) is 2.39. The Balaban J connectivity index is 2.23. The second kappa shape index (κ2) is 4.31. The van der Waals surface area contributed by atoms with Crippen molar-refractivity contribution in [1.82, 2.24) is 4.98 Å². The summed E-state index contributed by atoms with van der Waals surface area (Å²) in [5.74, 6) is 0. The summed E-state index contributed by atoms with van der Waals surface area (Å²) in [6.07, 6.45) is 2.78. The zero-order valence-electron chi connectivity index (χ0n) is 6.58. The second-order valence-corrected chi connectivity index (χ2v) is 3.28. The average Bonchev–Trinajstić information content (AvgIpc) is 2.52. The van der Waals surface area contributed by atoms with E-state index in [9.17, 15) is 0 Å². The minimum absolute atomic E-state index is 0.235. The molecular formula is C7H13N3S. The van der Waals surface area contributed by atoms with Gasteiger partial charge in [-0.15, -0.1) is 11.3 Å². The van der Waals surface area contributed by atoms with Gasteiger partial charge in [0.1, 0.15) is 0 Å². The smallest absolute Gasteiger partial charge is 0.182 e. The Morgan fingerprint density at radius 2 is 2.64 bits per heavy atom. The van der Waals surface area contributed by atoms with E-state index in [0.717, 1.165) is 18.1 Å². The molecule has 0 fully saturated rings. The number of nitrogens with one attached hydrogen (secondary N) is 1. The predicted molar refractivity (Wildman–Crippen MR) is 48.9 cm³/mol. The van der Waals surface area contributed by atoms with Crippen LogP contribution in [0, 0.1) is 0 Å². The monoisotopic (exact) mass is 171 g/mol. The first-order valence-electron chi connectivity index (χ1n) is 3.72. The molecule has 0 radical (unpaired) electrons. The Hall–Kier alpha value is -0.610. The van der Waals surface area contributed by atoms with Crippen LogP contribution in [0.5, 0.6) is 0 Å². The summed E-state index contributed by atoms with van der Waals surface area (Å²) in [5, 5.41) is 6.05. The molecule has 3 N–H and O–H groups in total. The molecule has 0 aliphatic carbocycles. The zero-order valence-corrected chi connectivity index (χ0v) is 7.40. The summed E-state index contributed by atoms with van der Waals surface area (Å²) in [5.41, 5.74) is 5.70. The van der Waals surface area contributed by atoms with Gasteiger partial charge < -0.3 is 11.1 Å². The third-order valence-electron chi connectivity index (χ3n) is 1.47. The average molecular weight is 171 g/mol. The lowest BCUT2D eigenvalue weighted by Crippen LogP contribution is -2.27. The molecule has 3 nitrogen and oxygen atoms in total. The lowest BCUT2D eigenvalue weighted by Gasteiger charge is -2.08. The molecule has 0 aliphatic heterocycles. The number of aromatic nitrogens is 1. The molecule has 0 amide bonds. The van der Waals surface area contributed by atoms with E-state index in [4.69, 9.17) is 5.73 Å². The van der Waals surface area contributed by atoms with Crippen molar-refractivity contribution in [1.29, 1.82) is 0 Å². The van der Waals surface area contributed by atoms with Gasteiger partial charge in [0.15, 0.2) is 5.13 Å². The normalized spacial score (nSPS) is 12.9. The highest BCUT2D eigenvalue weighted by Crippen LogP contribution is 2.09. The number of anilines is 1. The first-order chi connectivity index (χ1) is 5.33. The largest absolute Gasteiger partial charge is 0.360 e. The Morgan fingerprint density at radius 3 is 3.18 bits per heavy atom. The number of hydrogen-bond acceptors (Lipinski definition) is 4. The molecule has 1 heterocycles. The van der Waals surface area contributed by atoms with Crippen molar-refractivity contribution in [2.45, 2.75) is 19.4 Å². The third-order valence-corrected chi connectivity index (χ3v) is 2.20. The highest BCUT2D eigenvalue weighted by atomic mass is 32.1. The maximum Gasteiger partial charge on any atom is 0.182 e. The van der Waals surface area contributed by atoms with Crippen molar-refractivity contribution >= 4 is 16.5 Å². The molecule has 0 spiro atoms. The minimum atomic E-state index is 0.235. The molecule has 4 heteroatoms. The van der Waals surface area contributed by atoms with Crippen LogP contribution in [0.3, 0.4) is 0 Å². The zero-order chi connectivity index (χ0) is 8.10. The van der Waals surface area contributed by atoms with Gasteiger partial charge >= 0.3 is 0 Å². The van der Waals surface area contributed by atoms with Crippen LogP contribution in [0.25, 0.3) is 0 Å². The molecule has 0 saturated carbocycles. The van der Waals surface area contributed by atoms with Gasteiger partial charge in [-0.1, -0.05) is 6.92 Å². The van der Waals surface area contributed by atoms with Crippen LogP contribution in [-0.4, -0.2) is 17.6 Å². The van der Waals surface area contributed by atoms with Gasteiger partial charge in [-0.3, -0.25) is 0 Å². The molecule has 1 atom stereocenters. The van der Waals surface area contributed by atoms with Crippen LogP contribution in [0.2, 0.25) is 0 Å². The number of nitrogens with two attached hydrogens (primary N) is 1. The molecule has 1 unspecified atom stereocenters. The highest BCUT2D eigenvalue weighted by molar-refractivity contribution is 7.13. The number of hydrogen-bond donors (Lipinski definition) is 2. The summed E-state index contributed by atoms with van der Waals surface area (Å²) in [7, 11) is 0. The molecule has 0 aliphatic rings. The minimum Gasteiger partial charge on any atom is -0.360 e. The van der Waals surface area contributed by atoms with Gasteiger partial charge in [0.25, 0.3) is 0 Å². The van der Waals surface area contributed by atoms with E-state index in [1.165, 1.54) is 0 Å². The van der Waals surface area contributed by atoms with E-state index in [1.807, 2.05) is 5.38 Å². The molecular weight excluding hydrogens is 158 g/mol. The van der Waals surface area contributed by atoms with Gasteiger partial charge in [-0.05, 0) is 6.42 Å². The van der Waals surface area contributed by atoms with E-state index >= 15 is 0 Å². The summed E-state index contributed by atoms with van der Waals surface area (Å²) in [6.45, 7) is 2.89. The number of rotatable bonds is 4. The Labute approximate surface area is 70.6 Å². The van der Waals surface area contributed by atoms with Crippen molar-refractivity contribution in [3.8, 4) is 0 Å². The topological polar surface area (TPSA) is 50.9 Å². The molecule has 11 heavy (non-hydrogen) atoms. The molecule has 0 saturated heterocycles. The van der Waals surface area contributed by atoms with Crippen LogP contribution >= 0.6 is 11.3 Å². The van der Waals surface area contributed by atoms with Crippen molar-refractivity contribution in [2.75, 3.05) is 11.9 Å². The Kier molecular flexibility index (Phi) is 3.32. The Morgan fingerprint density at radius 1 is 1.82 bits per heavy atom. The highest BCUT2D eigenvalue weighted by Gasteiger charge is 1.98. The van der Waals surface area contributed by atoms with Gasteiger partial charge in [-0.2, -0.15) is 0 Å². The van der Waals surface area contributed by atoms with Gasteiger partial charge in [0.05, 0.1) is 0 Å². The summed E-state index contributed by atoms with van der Waals surface area (Å²) >= 11 is 1.60. The molecule has 62 valence electrons. The first kappa shape index (κ1) is 8.49. The fourth-order valence-corrected chi connectivity index (χ4v) is 1.21. The Bertz CT molecular complexity index is 186. The SMILES string of the molecule is CCC(N)CNc1nccs1. The molecule has 0 aromatic carbocycles. The van der Waals surface area contributed by atoms with E-state index in [1.54, 1.807) is 17.5 Å². The molecule has 1 aromatic heterocycles. The van der Waals surface area contributed by atoms with Crippen LogP contribution in [0.4, 0.5) is 5.13 Å². The predicted octanol–water partition coefficient (Wildman–Crippen LogP) is 1.29. The first-order valence-corrected chi connectivity index (χ1v) is 4.60. The summed E-state index contributed by atoms with van der Waals surface area (Å²) in [6, 6.07) is 0.235. The lowest BCUT2D eigenvalue weighted by atomic mass is 10.2. The van der Waals surface area contributed by atoms with Crippen LogP contribution in [0.15, 0.2) is 11.6 Å². The number of thiazole rings is 1. The fourth-order valence-electron chi connectivity index (χ4n) is 0.673. The van der Waals surface area contributed by atoms with Crippen LogP contribution in [-0.2, 0) is 0 Å². The quantitative estimate of drug-likeness (QED) is 0.717. The van der Waals surface area contributed by atoms with E-state index in [0.29, 0.717) is 0 Å². The summed E-state index contributed by atoms with van der Waals surface area (Å²) < 4.78 is 0. The van der Waals surface area contributed by atoms with Crippen LogP contribution in [0.1, 0.15) is 13.3 Å². The standard InChI is InChI=1S/C7H13N3S/c1-2-6(8)5-10-7-9-3-4-11-7/h3-4,6H,2,5,8H2,1H3,(H,9,10). The van der Waals surface area contributed by atoms with Crippen LogP contribution < -0.4 is 11.1 Å². The maximum atomic E-state index is 5.70. The van der Waals surface area contributed by atoms with E-state index < -0.39 is 0 Å². The lowest BCUT2D eigenvalue weighted by molar-refractivity contribution is 0.679. The van der Waals surface area contributed by atoms with E-state index in [-0.39, 0.29) is 6.04 Å². The summed E-state index contributed by atoms with van der Waals surface area (Å²) in [4.78, 5) is 4.07. The van der Waals surface area contributed by atoms with Gasteiger partial charge in [0.2, 0.25) is 0 Å². The fraction of sp³-hybridized carbons (Fsp3) is 0.571. The van der Waals surface area contributed by atoms with Crippen molar-refractivity contribution in [3.05, 3.63) is 11.6 Å². The number of nitrogens with zero attached hydrogens (tertiary/aromatic N) is 1. The van der Waals surface area contributed by atoms with Gasteiger partial charge in [-0.25, -0.2) is 4.98 Å². The molecule has 0 bridgehead atoms. The van der Waals surface area contributed by atoms with Crippen molar-refractivity contribution in [2.24, 2.45) is 5.73 Å². The third kappa shape index (κ3) is 2.86. The van der Waals surface area contributed by atoms with Gasteiger partial charge in [0, 0.05) is 24.2 Å². The van der Waals surface area contributed by atoms with E-state index in [2.05, 4.69) is 17.2 Å².